The van der Waals surface area contributed by atoms with Gasteiger partial charge in [-0.1, -0.05) is 0 Å². The molecule has 1 N–H and O–H groups in total. The van der Waals surface area contributed by atoms with Gasteiger partial charge in [-0.05, 0) is 0 Å². The lowest BCUT2D eigenvalue weighted by atomic mass is 10.5. The first-order valence-corrected chi connectivity index (χ1v) is 3.01. The standard InChI is InChI=1S/C6H14NO/c1-7(2,3)5-4-6(5)8/h5-6,8H,4H2,1-3H3/q+1/t5-,6+/m1/s1. The maximum absolute atomic E-state index is 8.95. The number of aliphatic hydroxyl groups excluding tert-OH is 1. The van der Waals surface area contributed by atoms with Crippen LogP contribution in [0.2, 0.25) is 0 Å². The van der Waals surface area contributed by atoms with Gasteiger partial charge in [0, 0.05) is 6.42 Å². The third-order valence-electron chi connectivity index (χ3n) is 1.72. The minimum atomic E-state index is -0.0185. The third-order valence-corrected chi connectivity index (χ3v) is 1.72. The molecule has 0 radical (unpaired) electrons. The van der Waals surface area contributed by atoms with Crippen LogP contribution in [0.15, 0.2) is 0 Å². The predicted octanol–water partition coefficient (Wildman–Crippen LogP) is -0.174. The molecule has 0 aromatic carbocycles. The third kappa shape index (κ3) is 1.01. The van der Waals surface area contributed by atoms with Gasteiger partial charge in [0.15, 0.2) is 0 Å². The van der Waals surface area contributed by atoms with Gasteiger partial charge in [-0.25, -0.2) is 0 Å². The highest BCUT2D eigenvalue weighted by atomic mass is 16.3. The lowest BCUT2D eigenvalue weighted by Crippen LogP contribution is -2.38. The van der Waals surface area contributed by atoms with E-state index in [-0.39, 0.29) is 6.10 Å². The zero-order valence-electron chi connectivity index (χ0n) is 5.76. The lowest BCUT2D eigenvalue weighted by Gasteiger charge is -2.23. The Hall–Kier alpha value is -0.0800. The second kappa shape index (κ2) is 1.45. The smallest absolute Gasteiger partial charge is 0.118 e. The molecule has 2 atom stereocenters. The average Bonchev–Trinajstić information content (AvgIpc) is 2.13. The Morgan fingerprint density at radius 1 is 1.38 bits per heavy atom. The fraction of sp³-hybridized carbons (Fsp3) is 1.00. The summed E-state index contributed by atoms with van der Waals surface area (Å²) in [7, 11) is 6.34. The number of quaternary nitrogens is 1. The van der Waals surface area contributed by atoms with E-state index in [1.54, 1.807) is 0 Å². The fourth-order valence-corrected chi connectivity index (χ4v) is 1.00. The molecule has 0 heterocycles. The molecule has 0 aliphatic heterocycles. The van der Waals surface area contributed by atoms with Gasteiger partial charge in [0.25, 0.3) is 0 Å². The van der Waals surface area contributed by atoms with E-state index in [2.05, 4.69) is 21.1 Å². The lowest BCUT2D eigenvalue weighted by molar-refractivity contribution is -0.883. The molecule has 0 amide bonds. The van der Waals surface area contributed by atoms with Crippen LogP contribution < -0.4 is 0 Å². The maximum Gasteiger partial charge on any atom is 0.118 e. The highest BCUT2D eigenvalue weighted by Crippen LogP contribution is 2.29. The molecule has 1 aliphatic carbocycles. The van der Waals surface area contributed by atoms with Gasteiger partial charge >= 0.3 is 0 Å². The van der Waals surface area contributed by atoms with Crippen molar-refractivity contribution in [2.75, 3.05) is 21.1 Å². The Kier molecular flexibility index (Phi) is 1.10. The van der Waals surface area contributed by atoms with Crippen molar-refractivity contribution < 1.29 is 9.59 Å². The van der Waals surface area contributed by atoms with E-state index < -0.39 is 0 Å². The van der Waals surface area contributed by atoms with Crippen molar-refractivity contribution in [1.29, 1.82) is 0 Å². The summed E-state index contributed by atoms with van der Waals surface area (Å²) in [6, 6.07) is 0.509. The minimum absolute atomic E-state index is 0.0185. The molecule has 0 saturated heterocycles. The van der Waals surface area contributed by atoms with Crippen molar-refractivity contribution in [3.8, 4) is 0 Å². The van der Waals surface area contributed by atoms with Crippen LogP contribution in [-0.4, -0.2) is 42.9 Å². The van der Waals surface area contributed by atoms with Gasteiger partial charge in [0.05, 0.1) is 21.1 Å². The highest BCUT2D eigenvalue weighted by molar-refractivity contribution is 4.86. The highest BCUT2D eigenvalue weighted by Gasteiger charge is 2.46. The Morgan fingerprint density at radius 3 is 1.75 bits per heavy atom. The summed E-state index contributed by atoms with van der Waals surface area (Å²) < 4.78 is 0.904. The molecule has 0 aromatic heterocycles. The van der Waals surface area contributed by atoms with Crippen LogP contribution in [0, 0.1) is 0 Å². The van der Waals surface area contributed by atoms with Gasteiger partial charge in [-0.3, -0.25) is 0 Å². The SMILES string of the molecule is C[N+](C)(C)[C@@H]1C[C@@H]1O. The number of aliphatic hydroxyl groups is 1. The number of rotatable bonds is 1. The summed E-state index contributed by atoms with van der Waals surface area (Å²) in [6.07, 6.45) is 0.971. The van der Waals surface area contributed by atoms with E-state index in [1.165, 1.54) is 0 Å². The Bertz CT molecular complexity index is 95.2. The first-order chi connectivity index (χ1) is 3.52. The molecule has 0 bridgehead atoms. The van der Waals surface area contributed by atoms with Crippen molar-refractivity contribution in [3.05, 3.63) is 0 Å². The topological polar surface area (TPSA) is 20.2 Å². The van der Waals surface area contributed by atoms with Crippen molar-refractivity contribution >= 4 is 0 Å². The zero-order chi connectivity index (χ0) is 6.36. The molecular formula is C6H14NO+. The van der Waals surface area contributed by atoms with Gasteiger partial charge in [0.1, 0.15) is 12.1 Å². The predicted molar refractivity (Wildman–Crippen MR) is 32.4 cm³/mol. The zero-order valence-corrected chi connectivity index (χ0v) is 5.76. The van der Waals surface area contributed by atoms with Crippen LogP contribution in [0.1, 0.15) is 6.42 Å². The van der Waals surface area contributed by atoms with E-state index in [0.717, 1.165) is 10.9 Å². The van der Waals surface area contributed by atoms with Crippen molar-refractivity contribution in [3.63, 3.8) is 0 Å². The molecule has 48 valence electrons. The van der Waals surface area contributed by atoms with E-state index in [0.29, 0.717) is 6.04 Å². The van der Waals surface area contributed by atoms with Crippen molar-refractivity contribution in [2.24, 2.45) is 0 Å². The molecule has 1 aliphatic rings. The van der Waals surface area contributed by atoms with Crippen molar-refractivity contribution in [2.45, 2.75) is 18.6 Å². The van der Waals surface area contributed by atoms with Crippen LogP contribution in [-0.2, 0) is 0 Å². The molecule has 1 rings (SSSR count). The average molecular weight is 116 g/mol. The van der Waals surface area contributed by atoms with Crippen LogP contribution in [0.4, 0.5) is 0 Å². The van der Waals surface area contributed by atoms with Gasteiger partial charge in [0.2, 0.25) is 0 Å². The summed E-state index contributed by atoms with van der Waals surface area (Å²) in [5, 5.41) is 8.95. The Labute approximate surface area is 50.3 Å². The second-order valence-electron chi connectivity index (χ2n) is 3.49. The number of nitrogens with zero attached hydrogens (tertiary/aromatic N) is 1. The van der Waals surface area contributed by atoms with Crippen LogP contribution in [0.25, 0.3) is 0 Å². The van der Waals surface area contributed by atoms with E-state index in [1.807, 2.05) is 0 Å². The molecule has 0 aromatic rings. The monoisotopic (exact) mass is 116 g/mol. The van der Waals surface area contributed by atoms with Gasteiger partial charge in [-0.2, -0.15) is 0 Å². The molecule has 0 spiro atoms. The van der Waals surface area contributed by atoms with E-state index >= 15 is 0 Å². The normalized spacial score (nSPS) is 37.5. The number of hydrogen-bond donors (Lipinski definition) is 1. The van der Waals surface area contributed by atoms with E-state index in [9.17, 15) is 0 Å². The van der Waals surface area contributed by atoms with Crippen LogP contribution in [0.3, 0.4) is 0 Å². The molecule has 1 saturated carbocycles. The summed E-state index contributed by atoms with van der Waals surface area (Å²) in [4.78, 5) is 0. The summed E-state index contributed by atoms with van der Waals surface area (Å²) in [5.41, 5.74) is 0. The molecule has 1 fully saturated rings. The van der Waals surface area contributed by atoms with Crippen molar-refractivity contribution in [1.82, 2.24) is 0 Å². The van der Waals surface area contributed by atoms with Gasteiger partial charge in [-0.15, -0.1) is 0 Å². The maximum atomic E-state index is 8.95. The molecule has 8 heavy (non-hydrogen) atoms. The number of likely N-dealkylation sites (N-methyl/N-ethyl adjacent to an activating group) is 1. The molecule has 2 nitrogen and oxygen atoms in total. The second-order valence-corrected chi connectivity index (χ2v) is 3.49. The molecule has 0 unspecified atom stereocenters. The Morgan fingerprint density at radius 2 is 1.75 bits per heavy atom. The summed E-state index contributed by atoms with van der Waals surface area (Å²) >= 11 is 0. The van der Waals surface area contributed by atoms with E-state index in [4.69, 9.17) is 5.11 Å². The first kappa shape index (κ1) is 6.05. The van der Waals surface area contributed by atoms with Gasteiger partial charge < -0.3 is 9.59 Å². The fourth-order valence-electron chi connectivity index (χ4n) is 1.00. The molecular weight excluding hydrogens is 102 g/mol. The molecule has 2 heteroatoms. The minimum Gasteiger partial charge on any atom is -0.387 e. The Balaban J connectivity index is 2.39. The number of hydrogen-bond acceptors (Lipinski definition) is 1. The summed E-state index contributed by atoms with van der Waals surface area (Å²) in [5.74, 6) is 0. The van der Waals surface area contributed by atoms with Crippen LogP contribution in [0.5, 0.6) is 0 Å². The first-order valence-electron chi connectivity index (χ1n) is 3.01. The van der Waals surface area contributed by atoms with Crippen LogP contribution >= 0.6 is 0 Å². The largest absolute Gasteiger partial charge is 0.387 e. The quantitative estimate of drug-likeness (QED) is 0.471. The summed E-state index contributed by atoms with van der Waals surface area (Å²) in [6.45, 7) is 0.